The molecule has 8 nitrogen and oxygen atoms in total. The van der Waals surface area contributed by atoms with Crippen molar-refractivity contribution >= 4 is 39.4 Å². The molecule has 1 saturated heterocycles. The number of rotatable bonds is 4. The molecule has 0 amide bonds. The predicted octanol–water partition coefficient (Wildman–Crippen LogP) is 5.21. The van der Waals surface area contributed by atoms with E-state index >= 15 is 0 Å². The summed E-state index contributed by atoms with van der Waals surface area (Å²) in [5.41, 5.74) is 5.45. The maximum Gasteiger partial charge on any atom is 0.355 e. The molecule has 0 aliphatic carbocycles. The van der Waals surface area contributed by atoms with Crippen LogP contribution < -0.4 is 15.9 Å². The second-order valence-corrected chi connectivity index (χ2v) is 10.7. The van der Waals surface area contributed by atoms with Crippen LogP contribution in [0.2, 0.25) is 5.02 Å². The monoisotopic (exact) mass is 527 g/mol. The number of hydrogen-bond acceptors (Lipinski definition) is 6. The minimum Gasteiger partial charge on any atom is -0.351 e. The van der Waals surface area contributed by atoms with Crippen LogP contribution in [0.3, 0.4) is 0 Å². The lowest BCUT2D eigenvalue weighted by Gasteiger charge is -2.35. The lowest BCUT2D eigenvalue weighted by Crippen LogP contribution is -2.50. The van der Waals surface area contributed by atoms with E-state index in [4.69, 9.17) is 16.6 Å². The number of fused-ring (bicyclic) bond motifs is 2. The number of piperazine rings is 1. The number of anilines is 1. The van der Waals surface area contributed by atoms with Gasteiger partial charge in [0.25, 0.3) is 0 Å². The Morgan fingerprint density at radius 1 is 1.11 bits per heavy atom. The Hall–Kier alpha value is -3.75. The summed E-state index contributed by atoms with van der Waals surface area (Å²) in [6, 6.07) is 14.1. The topological polar surface area (TPSA) is 91.7 Å². The van der Waals surface area contributed by atoms with Gasteiger partial charge in [0.1, 0.15) is 5.82 Å². The Morgan fingerprint density at radius 2 is 1.92 bits per heavy atom. The molecule has 0 spiro atoms. The smallest absolute Gasteiger partial charge is 0.351 e. The summed E-state index contributed by atoms with van der Waals surface area (Å²) in [5, 5.41) is 12.9. The number of aromatic nitrogens is 5. The van der Waals surface area contributed by atoms with Gasteiger partial charge in [-0.15, -0.1) is 0 Å². The van der Waals surface area contributed by atoms with Gasteiger partial charge in [-0.2, -0.15) is 10.1 Å². The fourth-order valence-electron chi connectivity index (χ4n) is 5.49. The molecule has 1 atom stereocenters. The number of aryl methyl sites for hydroxylation is 1. The van der Waals surface area contributed by atoms with E-state index in [0.29, 0.717) is 22.2 Å². The molecule has 6 rings (SSSR count). The van der Waals surface area contributed by atoms with Gasteiger partial charge in [-0.25, -0.2) is 14.3 Å². The number of benzene rings is 2. The highest BCUT2D eigenvalue weighted by molar-refractivity contribution is 6.34. The van der Waals surface area contributed by atoms with Gasteiger partial charge in [-0.05, 0) is 49.1 Å². The van der Waals surface area contributed by atoms with Gasteiger partial charge >= 0.3 is 5.69 Å². The van der Waals surface area contributed by atoms with Crippen LogP contribution in [0.15, 0.2) is 53.5 Å². The molecule has 0 saturated carbocycles. The molecule has 0 unspecified atom stereocenters. The number of nitrogens with zero attached hydrogens (tertiary/aromatic N) is 5. The summed E-state index contributed by atoms with van der Waals surface area (Å²) in [6.07, 6.45) is 1.79. The number of pyridine rings is 1. The molecule has 3 aromatic heterocycles. The molecule has 9 heteroatoms. The van der Waals surface area contributed by atoms with Crippen LogP contribution in [0.25, 0.3) is 38.9 Å². The summed E-state index contributed by atoms with van der Waals surface area (Å²) < 4.78 is 1.64. The van der Waals surface area contributed by atoms with E-state index in [-0.39, 0.29) is 17.6 Å². The molecule has 2 N–H and O–H groups in total. The first-order valence-electron chi connectivity index (χ1n) is 13.0. The van der Waals surface area contributed by atoms with Crippen molar-refractivity contribution in [3.63, 3.8) is 0 Å². The van der Waals surface area contributed by atoms with E-state index in [0.717, 1.165) is 58.3 Å². The van der Waals surface area contributed by atoms with Crippen molar-refractivity contribution in [2.75, 3.05) is 24.5 Å². The van der Waals surface area contributed by atoms with Crippen LogP contribution >= 0.6 is 11.6 Å². The van der Waals surface area contributed by atoms with Crippen LogP contribution in [0.4, 0.5) is 5.82 Å². The standard InChI is InChI=1S/C29H30ClN7O/c1-16(2)19-7-5-6-8-24(19)37-28-20(27(34-29(37)38)36-12-11-31-14-18(36)4)13-22(30)26(33-28)25-17(3)9-10-23-21(25)15-32-35-23/h5-10,13,15-16,18,31H,11-12,14H2,1-4H3,(H,32,35)/t18-/m0/s1. The first kappa shape index (κ1) is 24.6. The SMILES string of the molecule is Cc1ccc2[nH]ncc2c1-c1nc2c(cc1Cl)c(N1CCNC[C@@H]1C)nc(=O)n2-c1ccccc1C(C)C. The third-order valence-electron chi connectivity index (χ3n) is 7.44. The second-order valence-electron chi connectivity index (χ2n) is 10.3. The van der Waals surface area contributed by atoms with E-state index in [1.807, 2.05) is 43.3 Å². The molecule has 2 aromatic carbocycles. The van der Waals surface area contributed by atoms with Gasteiger partial charge in [0.05, 0.1) is 33.5 Å². The normalized spacial score (nSPS) is 16.2. The van der Waals surface area contributed by atoms with E-state index in [9.17, 15) is 4.79 Å². The molecule has 1 fully saturated rings. The van der Waals surface area contributed by atoms with Crippen LogP contribution in [-0.2, 0) is 0 Å². The van der Waals surface area contributed by atoms with Crippen LogP contribution in [-0.4, -0.2) is 50.4 Å². The lowest BCUT2D eigenvalue weighted by molar-refractivity contribution is 0.497. The molecular weight excluding hydrogens is 498 g/mol. The van der Waals surface area contributed by atoms with Crippen LogP contribution in [0.1, 0.15) is 37.8 Å². The average molecular weight is 528 g/mol. The molecule has 0 radical (unpaired) electrons. The molecule has 0 bridgehead atoms. The highest BCUT2D eigenvalue weighted by Crippen LogP contribution is 2.38. The quantitative estimate of drug-likeness (QED) is 0.333. The Morgan fingerprint density at radius 3 is 2.71 bits per heavy atom. The number of H-pyrrole nitrogens is 1. The van der Waals surface area contributed by atoms with Gasteiger partial charge in [0.2, 0.25) is 0 Å². The summed E-state index contributed by atoms with van der Waals surface area (Å²) in [7, 11) is 0. The van der Waals surface area contributed by atoms with Gasteiger partial charge < -0.3 is 10.2 Å². The minimum atomic E-state index is -0.356. The maximum atomic E-state index is 13.9. The molecule has 1 aliphatic heterocycles. The zero-order valence-electron chi connectivity index (χ0n) is 21.9. The van der Waals surface area contributed by atoms with Crippen molar-refractivity contribution in [3.05, 3.63) is 75.3 Å². The van der Waals surface area contributed by atoms with Crippen molar-refractivity contribution < 1.29 is 0 Å². The molecule has 38 heavy (non-hydrogen) atoms. The fraction of sp³-hybridized carbons (Fsp3) is 0.310. The van der Waals surface area contributed by atoms with Crippen LogP contribution in [0.5, 0.6) is 0 Å². The Balaban J connectivity index is 1.72. The van der Waals surface area contributed by atoms with E-state index in [1.54, 1.807) is 10.8 Å². The molecule has 194 valence electrons. The van der Waals surface area contributed by atoms with Crippen molar-refractivity contribution in [2.45, 2.75) is 39.7 Å². The summed E-state index contributed by atoms with van der Waals surface area (Å²) in [5.74, 6) is 0.825. The van der Waals surface area contributed by atoms with Crippen molar-refractivity contribution in [3.8, 4) is 16.9 Å². The molecular formula is C29H30ClN7O. The van der Waals surface area contributed by atoms with Gasteiger partial charge in [0.15, 0.2) is 5.65 Å². The van der Waals surface area contributed by atoms with Gasteiger partial charge in [-0.1, -0.05) is 49.7 Å². The number of hydrogen-bond donors (Lipinski definition) is 2. The number of nitrogens with one attached hydrogen (secondary N) is 2. The van der Waals surface area contributed by atoms with Crippen molar-refractivity contribution in [1.29, 1.82) is 0 Å². The second kappa shape index (κ2) is 9.53. The zero-order chi connectivity index (χ0) is 26.6. The lowest BCUT2D eigenvalue weighted by atomic mass is 10.00. The summed E-state index contributed by atoms with van der Waals surface area (Å²) in [4.78, 5) is 25.9. The van der Waals surface area contributed by atoms with Crippen molar-refractivity contribution in [2.24, 2.45) is 0 Å². The minimum absolute atomic E-state index is 0.165. The summed E-state index contributed by atoms with van der Waals surface area (Å²) in [6.45, 7) is 10.8. The number of halogens is 1. The number of para-hydroxylation sites is 1. The fourth-order valence-corrected chi connectivity index (χ4v) is 5.74. The first-order valence-corrected chi connectivity index (χ1v) is 13.4. The van der Waals surface area contributed by atoms with E-state index in [1.165, 1.54) is 0 Å². The molecule has 4 heterocycles. The number of aromatic amines is 1. The van der Waals surface area contributed by atoms with E-state index < -0.39 is 0 Å². The van der Waals surface area contributed by atoms with E-state index in [2.05, 4.69) is 52.2 Å². The summed E-state index contributed by atoms with van der Waals surface area (Å²) >= 11 is 7.01. The first-order chi connectivity index (χ1) is 18.3. The molecule has 5 aromatic rings. The van der Waals surface area contributed by atoms with Gasteiger partial charge in [0, 0.05) is 36.6 Å². The average Bonchev–Trinajstić information content (AvgIpc) is 3.38. The Labute approximate surface area is 225 Å². The third-order valence-corrected chi connectivity index (χ3v) is 7.73. The van der Waals surface area contributed by atoms with Crippen LogP contribution in [0, 0.1) is 6.92 Å². The predicted molar refractivity (Wildman–Crippen MR) is 154 cm³/mol. The Kier molecular flexibility index (Phi) is 6.16. The molecule has 1 aliphatic rings. The maximum absolute atomic E-state index is 13.9. The highest BCUT2D eigenvalue weighted by atomic mass is 35.5. The van der Waals surface area contributed by atoms with Crippen molar-refractivity contribution in [1.82, 2.24) is 30.0 Å². The largest absolute Gasteiger partial charge is 0.355 e. The zero-order valence-corrected chi connectivity index (χ0v) is 22.7. The van der Waals surface area contributed by atoms with Gasteiger partial charge in [-0.3, -0.25) is 5.10 Å². The highest BCUT2D eigenvalue weighted by Gasteiger charge is 2.26. The third kappa shape index (κ3) is 3.95. The Bertz CT molecular complexity index is 1740.